The Morgan fingerprint density at radius 2 is 2.10 bits per heavy atom. The van der Waals surface area contributed by atoms with Crippen LogP contribution >= 0.6 is 11.3 Å². The van der Waals surface area contributed by atoms with Crippen LogP contribution in [0.25, 0.3) is 0 Å². The molecule has 1 aliphatic carbocycles. The van der Waals surface area contributed by atoms with E-state index in [1.165, 1.54) is 29.7 Å². The van der Waals surface area contributed by atoms with E-state index in [0.29, 0.717) is 26.0 Å². The van der Waals surface area contributed by atoms with Gasteiger partial charge in [-0.25, -0.2) is 0 Å². The molecule has 0 saturated carbocycles. The third-order valence-electron chi connectivity index (χ3n) is 3.62. The van der Waals surface area contributed by atoms with Crippen LogP contribution in [0.2, 0.25) is 0 Å². The lowest BCUT2D eigenvalue weighted by atomic mass is 10.1. The lowest BCUT2D eigenvalue weighted by molar-refractivity contribution is -0.143. The molecule has 0 spiro atoms. The van der Waals surface area contributed by atoms with Crippen molar-refractivity contribution in [3.63, 3.8) is 0 Å². The van der Waals surface area contributed by atoms with E-state index in [1.54, 1.807) is 18.3 Å². The highest BCUT2D eigenvalue weighted by molar-refractivity contribution is 7.14. The van der Waals surface area contributed by atoms with Gasteiger partial charge in [-0.2, -0.15) is 0 Å². The summed E-state index contributed by atoms with van der Waals surface area (Å²) in [4.78, 5) is 25.5. The van der Waals surface area contributed by atoms with E-state index in [9.17, 15) is 9.59 Å². The predicted molar refractivity (Wildman–Crippen MR) is 83.8 cm³/mol. The van der Waals surface area contributed by atoms with Crippen LogP contribution in [0.15, 0.2) is 6.07 Å². The first-order chi connectivity index (χ1) is 10.2. The molecule has 0 unspecified atom stereocenters. The Morgan fingerprint density at radius 1 is 1.29 bits per heavy atom. The second kappa shape index (κ2) is 8.17. The van der Waals surface area contributed by atoms with Crippen LogP contribution in [0, 0.1) is 0 Å². The third kappa shape index (κ3) is 4.84. The molecule has 1 heterocycles. The molecule has 2 rings (SSSR count). The Hall–Kier alpha value is -1.36. The van der Waals surface area contributed by atoms with E-state index in [2.05, 4.69) is 5.32 Å². The SMILES string of the molecule is CCOC(=O)CCCNC(=O)c1cc2c(s1)CCCCC2. The predicted octanol–water partition coefficient (Wildman–Crippen LogP) is 3.09. The van der Waals surface area contributed by atoms with Crippen LogP contribution in [0.3, 0.4) is 0 Å². The molecule has 0 aliphatic heterocycles. The average Bonchev–Trinajstić information content (AvgIpc) is 2.75. The molecule has 0 saturated heterocycles. The number of rotatable bonds is 6. The van der Waals surface area contributed by atoms with E-state index in [0.717, 1.165) is 17.7 Å². The molecular weight excluding hydrogens is 286 g/mol. The maximum atomic E-state index is 12.1. The summed E-state index contributed by atoms with van der Waals surface area (Å²) in [6.45, 7) is 2.71. The number of carbonyl (C=O) groups is 2. The molecule has 0 fully saturated rings. The molecule has 0 atom stereocenters. The number of carbonyl (C=O) groups excluding carboxylic acids is 2. The summed E-state index contributed by atoms with van der Waals surface area (Å²) in [5.74, 6) is -0.216. The second-order valence-corrected chi connectivity index (χ2v) is 6.42. The van der Waals surface area contributed by atoms with Crippen molar-refractivity contribution in [2.45, 2.75) is 51.9 Å². The lowest BCUT2D eigenvalue weighted by Crippen LogP contribution is -2.24. The van der Waals surface area contributed by atoms with E-state index >= 15 is 0 Å². The van der Waals surface area contributed by atoms with Crippen molar-refractivity contribution in [2.24, 2.45) is 0 Å². The maximum absolute atomic E-state index is 12.1. The van der Waals surface area contributed by atoms with Gasteiger partial charge in [0.05, 0.1) is 11.5 Å². The number of aryl methyl sites for hydroxylation is 2. The number of hydrogen-bond donors (Lipinski definition) is 1. The molecule has 0 bridgehead atoms. The van der Waals surface area contributed by atoms with Gasteiger partial charge in [0.2, 0.25) is 0 Å². The quantitative estimate of drug-likeness (QED) is 0.499. The summed E-state index contributed by atoms with van der Waals surface area (Å²) in [6, 6.07) is 2.05. The molecule has 1 N–H and O–H groups in total. The molecule has 21 heavy (non-hydrogen) atoms. The molecule has 4 nitrogen and oxygen atoms in total. The third-order valence-corrected chi connectivity index (χ3v) is 4.85. The Bertz CT molecular complexity index is 472. The molecule has 116 valence electrons. The van der Waals surface area contributed by atoms with Crippen molar-refractivity contribution < 1.29 is 14.3 Å². The van der Waals surface area contributed by atoms with Crippen molar-refractivity contribution in [3.05, 3.63) is 21.4 Å². The van der Waals surface area contributed by atoms with Crippen molar-refractivity contribution >= 4 is 23.2 Å². The summed E-state index contributed by atoms with van der Waals surface area (Å²) >= 11 is 1.63. The first-order valence-electron chi connectivity index (χ1n) is 7.76. The van der Waals surface area contributed by atoms with Crippen molar-refractivity contribution in [1.82, 2.24) is 5.32 Å². The highest BCUT2D eigenvalue weighted by Crippen LogP contribution is 2.28. The lowest BCUT2D eigenvalue weighted by Gasteiger charge is -2.03. The summed E-state index contributed by atoms with van der Waals surface area (Å²) < 4.78 is 4.85. The van der Waals surface area contributed by atoms with Gasteiger partial charge in [0.15, 0.2) is 0 Å². The molecule has 1 aliphatic rings. The molecule has 5 heteroatoms. The highest BCUT2D eigenvalue weighted by atomic mass is 32.1. The number of esters is 1. The molecular formula is C16H23NO3S. The first kappa shape index (κ1) is 16.0. The van der Waals surface area contributed by atoms with Gasteiger partial charge >= 0.3 is 5.97 Å². The van der Waals surface area contributed by atoms with Gasteiger partial charge in [-0.15, -0.1) is 11.3 Å². The van der Waals surface area contributed by atoms with Gasteiger partial charge < -0.3 is 10.1 Å². The van der Waals surface area contributed by atoms with Gasteiger partial charge in [0.25, 0.3) is 5.91 Å². The van der Waals surface area contributed by atoms with Crippen LogP contribution in [-0.2, 0) is 22.4 Å². The van der Waals surface area contributed by atoms with Crippen LogP contribution in [0.4, 0.5) is 0 Å². The van der Waals surface area contributed by atoms with E-state index in [-0.39, 0.29) is 11.9 Å². The summed E-state index contributed by atoms with van der Waals surface area (Å²) in [6.07, 6.45) is 6.93. The van der Waals surface area contributed by atoms with Gasteiger partial charge in [0.1, 0.15) is 0 Å². The van der Waals surface area contributed by atoms with Crippen molar-refractivity contribution in [1.29, 1.82) is 0 Å². The second-order valence-electron chi connectivity index (χ2n) is 5.28. The van der Waals surface area contributed by atoms with Crippen LogP contribution in [0.5, 0.6) is 0 Å². The zero-order chi connectivity index (χ0) is 15.1. The summed E-state index contributed by atoms with van der Waals surface area (Å²) in [7, 11) is 0. The zero-order valence-electron chi connectivity index (χ0n) is 12.6. The number of ether oxygens (including phenoxy) is 1. The van der Waals surface area contributed by atoms with Gasteiger partial charge in [-0.05, 0) is 50.7 Å². The first-order valence-corrected chi connectivity index (χ1v) is 8.57. The monoisotopic (exact) mass is 309 g/mol. The number of nitrogens with one attached hydrogen (secondary N) is 1. The van der Waals surface area contributed by atoms with Gasteiger partial charge in [-0.3, -0.25) is 9.59 Å². The summed E-state index contributed by atoms with van der Waals surface area (Å²) in [5.41, 5.74) is 1.36. The van der Waals surface area contributed by atoms with E-state index in [4.69, 9.17) is 4.74 Å². The number of fused-ring (bicyclic) bond motifs is 1. The Morgan fingerprint density at radius 3 is 2.90 bits per heavy atom. The smallest absolute Gasteiger partial charge is 0.305 e. The number of thiophene rings is 1. The maximum Gasteiger partial charge on any atom is 0.305 e. The molecule has 0 aromatic carbocycles. The minimum absolute atomic E-state index is 0.0167. The zero-order valence-corrected chi connectivity index (χ0v) is 13.4. The normalized spacial score (nSPS) is 14.1. The highest BCUT2D eigenvalue weighted by Gasteiger charge is 2.16. The molecule has 1 amide bonds. The fourth-order valence-electron chi connectivity index (χ4n) is 2.53. The average molecular weight is 309 g/mol. The van der Waals surface area contributed by atoms with Gasteiger partial charge in [-0.1, -0.05) is 6.42 Å². The minimum atomic E-state index is -0.199. The Labute approximate surface area is 129 Å². The van der Waals surface area contributed by atoms with Gasteiger partial charge in [0, 0.05) is 17.8 Å². The largest absolute Gasteiger partial charge is 0.466 e. The van der Waals surface area contributed by atoms with Crippen LogP contribution < -0.4 is 5.32 Å². The molecule has 1 aromatic heterocycles. The van der Waals surface area contributed by atoms with Crippen molar-refractivity contribution in [2.75, 3.05) is 13.2 Å². The fraction of sp³-hybridized carbons (Fsp3) is 0.625. The minimum Gasteiger partial charge on any atom is -0.466 e. The van der Waals surface area contributed by atoms with E-state index < -0.39 is 0 Å². The topological polar surface area (TPSA) is 55.4 Å². The van der Waals surface area contributed by atoms with Crippen LogP contribution in [-0.4, -0.2) is 25.0 Å². The molecule has 0 radical (unpaired) electrons. The number of amides is 1. The standard InChI is InChI=1S/C16H23NO3S/c1-2-20-15(18)9-6-10-17-16(19)14-11-12-7-4-3-5-8-13(12)21-14/h11H,2-10H2,1H3,(H,17,19). The Kier molecular flexibility index (Phi) is 6.23. The fourth-order valence-corrected chi connectivity index (χ4v) is 3.70. The van der Waals surface area contributed by atoms with Crippen molar-refractivity contribution in [3.8, 4) is 0 Å². The van der Waals surface area contributed by atoms with Crippen LogP contribution in [0.1, 0.15) is 59.1 Å². The van der Waals surface area contributed by atoms with E-state index in [1.807, 2.05) is 6.07 Å². The molecule has 1 aromatic rings. The summed E-state index contributed by atoms with van der Waals surface area (Å²) in [5, 5.41) is 2.88. The number of hydrogen-bond acceptors (Lipinski definition) is 4. The Balaban J connectivity index is 1.77.